The molecule has 0 spiro atoms. The van der Waals surface area contributed by atoms with E-state index in [0.717, 1.165) is 5.56 Å². The largest absolute Gasteiger partial charge is 0.496 e. The summed E-state index contributed by atoms with van der Waals surface area (Å²) < 4.78 is 11.2. The number of H-pyrrole nitrogens is 1. The minimum atomic E-state index is -0.227. The van der Waals surface area contributed by atoms with Crippen molar-refractivity contribution in [1.82, 2.24) is 14.9 Å². The molecule has 0 unspecified atom stereocenters. The van der Waals surface area contributed by atoms with Gasteiger partial charge in [-0.05, 0) is 30.5 Å². The second kappa shape index (κ2) is 7.17. The van der Waals surface area contributed by atoms with Gasteiger partial charge in [-0.25, -0.2) is 4.98 Å². The van der Waals surface area contributed by atoms with Crippen LogP contribution < -0.4 is 15.0 Å². The van der Waals surface area contributed by atoms with Gasteiger partial charge in [-0.3, -0.25) is 9.59 Å². The number of rotatable bonds is 5. The van der Waals surface area contributed by atoms with Crippen molar-refractivity contribution >= 4 is 27.5 Å². The highest BCUT2D eigenvalue weighted by Gasteiger charge is 2.18. The molecule has 136 valence electrons. The number of benzene rings is 1. The third-order valence-electron chi connectivity index (χ3n) is 4.10. The molecule has 0 atom stereocenters. The van der Waals surface area contributed by atoms with Gasteiger partial charge in [0.15, 0.2) is 0 Å². The third-order valence-corrected chi connectivity index (χ3v) is 5.00. The zero-order valence-electron chi connectivity index (χ0n) is 15.0. The van der Waals surface area contributed by atoms with E-state index in [1.165, 1.54) is 16.2 Å². The van der Waals surface area contributed by atoms with E-state index in [4.69, 9.17) is 9.47 Å². The average Bonchev–Trinajstić information content (AvgIpc) is 3.10. The van der Waals surface area contributed by atoms with Crippen LogP contribution in [0.25, 0.3) is 10.2 Å². The van der Waals surface area contributed by atoms with Crippen LogP contribution in [0, 0.1) is 6.92 Å². The number of nitrogens with zero attached hydrogens (tertiary/aromatic N) is 2. The summed E-state index contributed by atoms with van der Waals surface area (Å²) in [4.78, 5) is 33.5. The minimum Gasteiger partial charge on any atom is -0.496 e. The Morgan fingerprint density at radius 3 is 2.54 bits per heavy atom. The van der Waals surface area contributed by atoms with Gasteiger partial charge in [-0.2, -0.15) is 0 Å². The van der Waals surface area contributed by atoms with Crippen LogP contribution in [0.1, 0.15) is 21.7 Å². The lowest BCUT2D eigenvalue weighted by Crippen LogP contribution is -2.28. The Bertz CT molecular complexity index is 1000. The molecule has 3 rings (SSSR count). The van der Waals surface area contributed by atoms with Gasteiger partial charge in [-0.15, -0.1) is 11.3 Å². The van der Waals surface area contributed by atoms with Gasteiger partial charge in [0.1, 0.15) is 22.0 Å². The van der Waals surface area contributed by atoms with Crippen LogP contribution in [-0.4, -0.2) is 42.0 Å². The van der Waals surface area contributed by atoms with Gasteiger partial charge < -0.3 is 19.4 Å². The summed E-state index contributed by atoms with van der Waals surface area (Å²) in [6, 6.07) is 5.14. The molecular weight excluding hydrogens is 354 g/mol. The number of nitrogens with one attached hydrogen (secondary N) is 1. The van der Waals surface area contributed by atoms with E-state index in [-0.39, 0.29) is 18.0 Å². The maximum Gasteiger partial charge on any atom is 0.268 e. The molecule has 0 fully saturated rings. The lowest BCUT2D eigenvalue weighted by Gasteiger charge is -2.18. The summed E-state index contributed by atoms with van der Waals surface area (Å²) in [6.07, 6.45) is 0. The third kappa shape index (κ3) is 3.28. The van der Waals surface area contributed by atoms with E-state index in [1.807, 2.05) is 12.3 Å². The first-order chi connectivity index (χ1) is 12.4. The number of thiophene rings is 1. The van der Waals surface area contributed by atoms with Crippen LogP contribution in [0.2, 0.25) is 0 Å². The summed E-state index contributed by atoms with van der Waals surface area (Å²) in [7, 11) is 4.74. The first-order valence-corrected chi connectivity index (χ1v) is 8.77. The molecule has 0 aliphatic carbocycles. The number of hydrogen-bond acceptors (Lipinski definition) is 6. The van der Waals surface area contributed by atoms with Crippen LogP contribution in [-0.2, 0) is 6.54 Å². The fraction of sp³-hybridized carbons (Fsp3) is 0.278. The van der Waals surface area contributed by atoms with Crippen molar-refractivity contribution < 1.29 is 14.3 Å². The molecule has 26 heavy (non-hydrogen) atoms. The molecule has 1 amide bonds. The predicted molar refractivity (Wildman–Crippen MR) is 100 cm³/mol. The molecule has 1 N–H and O–H groups in total. The molecule has 0 aliphatic heterocycles. The second-order valence-corrected chi connectivity index (χ2v) is 6.73. The molecule has 0 aliphatic rings. The lowest BCUT2D eigenvalue weighted by molar-refractivity contribution is 0.0781. The Hall–Kier alpha value is -2.87. The number of aromatic nitrogens is 2. The molecule has 3 aromatic rings. The summed E-state index contributed by atoms with van der Waals surface area (Å²) in [5, 5.41) is 1.82. The van der Waals surface area contributed by atoms with Crippen LogP contribution in [0.15, 0.2) is 28.4 Å². The number of ether oxygens (including phenoxy) is 2. The highest BCUT2D eigenvalue weighted by Crippen LogP contribution is 2.30. The summed E-state index contributed by atoms with van der Waals surface area (Å²) in [5.74, 6) is 1.36. The first-order valence-electron chi connectivity index (χ1n) is 7.89. The highest BCUT2D eigenvalue weighted by atomic mass is 32.1. The first kappa shape index (κ1) is 17.9. The maximum atomic E-state index is 12.8. The number of aromatic amines is 1. The quantitative estimate of drug-likeness (QED) is 0.743. The molecule has 8 heteroatoms. The Kier molecular flexibility index (Phi) is 4.94. The Labute approximate surface area is 154 Å². The number of carbonyl (C=O) groups is 1. The summed E-state index contributed by atoms with van der Waals surface area (Å²) in [6.45, 7) is 2.04. The van der Waals surface area contributed by atoms with Gasteiger partial charge in [0, 0.05) is 18.2 Å². The van der Waals surface area contributed by atoms with Crippen molar-refractivity contribution in [3.05, 3.63) is 50.9 Å². The number of fused-ring (bicyclic) bond motifs is 1. The standard InChI is InChI=1S/C18H19N3O4S/c1-10-13(24-3)7-11(8-14(10)25-4)18(23)21(2)9-15-19-12-5-6-26-16(12)17(22)20-15/h5-8H,9H2,1-4H3,(H,19,20,22). The smallest absolute Gasteiger partial charge is 0.268 e. The fourth-order valence-electron chi connectivity index (χ4n) is 2.72. The Morgan fingerprint density at radius 1 is 1.27 bits per heavy atom. The van der Waals surface area contributed by atoms with Crippen molar-refractivity contribution in [3.63, 3.8) is 0 Å². The SMILES string of the molecule is COc1cc(C(=O)N(C)Cc2nc3ccsc3c(=O)[nH]2)cc(OC)c1C. The van der Waals surface area contributed by atoms with Crippen molar-refractivity contribution in [2.24, 2.45) is 0 Å². The topological polar surface area (TPSA) is 84.5 Å². The Morgan fingerprint density at radius 2 is 1.92 bits per heavy atom. The molecule has 7 nitrogen and oxygen atoms in total. The number of carbonyl (C=O) groups excluding carboxylic acids is 1. The van der Waals surface area contributed by atoms with Gasteiger partial charge in [0.2, 0.25) is 0 Å². The zero-order chi connectivity index (χ0) is 18.8. The fourth-order valence-corrected chi connectivity index (χ4v) is 3.45. The van der Waals surface area contributed by atoms with E-state index in [1.54, 1.807) is 39.5 Å². The predicted octanol–water partition coefficient (Wildman–Crippen LogP) is 2.58. The summed E-state index contributed by atoms with van der Waals surface area (Å²) in [5.41, 5.74) is 1.70. The van der Waals surface area contributed by atoms with Crippen molar-refractivity contribution in [3.8, 4) is 11.5 Å². The van der Waals surface area contributed by atoms with E-state index in [9.17, 15) is 9.59 Å². The Balaban J connectivity index is 1.88. The molecule has 2 aromatic heterocycles. The number of hydrogen-bond donors (Lipinski definition) is 1. The molecule has 0 radical (unpaired) electrons. The van der Waals surface area contributed by atoms with Crippen molar-refractivity contribution in [1.29, 1.82) is 0 Å². The summed E-state index contributed by atoms with van der Waals surface area (Å²) >= 11 is 1.34. The molecule has 1 aromatic carbocycles. The van der Waals surface area contributed by atoms with Crippen LogP contribution in [0.4, 0.5) is 0 Å². The number of amides is 1. The van der Waals surface area contributed by atoms with E-state index in [0.29, 0.717) is 33.1 Å². The highest BCUT2D eigenvalue weighted by molar-refractivity contribution is 7.17. The van der Waals surface area contributed by atoms with Gasteiger partial charge in [-0.1, -0.05) is 0 Å². The van der Waals surface area contributed by atoms with Crippen LogP contribution in [0.5, 0.6) is 11.5 Å². The molecule has 2 heterocycles. The van der Waals surface area contributed by atoms with E-state index < -0.39 is 0 Å². The van der Waals surface area contributed by atoms with Crippen LogP contribution in [0.3, 0.4) is 0 Å². The monoisotopic (exact) mass is 373 g/mol. The number of methoxy groups -OCH3 is 2. The van der Waals surface area contributed by atoms with E-state index >= 15 is 0 Å². The van der Waals surface area contributed by atoms with Gasteiger partial charge in [0.25, 0.3) is 11.5 Å². The van der Waals surface area contributed by atoms with E-state index in [2.05, 4.69) is 9.97 Å². The van der Waals surface area contributed by atoms with Gasteiger partial charge >= 0.3 is 0 Å². The van der Waals surface area contributed by atoms with Gasteiger partial charge in [0.05, 0.1) is 26.3 Å². The minimum absolute atomic E-state index is 0.179. The molecule has 0 saturated heterocycles. The zero-order valence-corrected chi connectivity index (χ0v) is 15.8. The van der Waals surface area contributed by atoms with Crippen molar-refractivity contribution in [2.75, 3.05) is 21.3 Å². The second-order valence-electron chi connectivity index (χ2n) is 5.81. The molecular formula is C18H19N3O4S. The lowest BCUT2D eigenvalue weighted by atomic mass is 10.1. The van der Waals surface area contributed by atoms with Crippen LogP contribution >= 0.6 is 11.3 Å². The maximum absolute atomic E-state index is 12.8. The average molecular weight is 373 g/mol. The normalized spacial score (nSPS) is 10.8. The molecule has 0 saturated carbocycles. The molecule has 0 bridgehead atoms. The van der Waals surface area contributed by atoms with Crippen molar-refractivity contribution in [2.45, 2.75) is 13.5 Å².